The zero-order valence-electron chi connectivity index (χ0n) is 22.2. The van der Waals surface area contributed by atoms with Gasteiger partial charge in [-0.15, -0.1) is 0 Å². The van der Waals surface area contributed by atoms with E-state index in [2.05, 4.69) is 6.58 Å². The van der Waals surface area contributed by atoms with Gasteiger partial charge >= 0.3 is 0 Å². The summed E-state index contributed by atoms with van der Waals surface area (Å²) in [5.41, 5.74) is 5.23. The molecule has 1 aliphatic heterocycles. The summed E-state index contributed by atoms with van der Waals surface area (Å²) in [6.07, 6.45) is 1.67. The second-order valence-corrected chi connectivity index (χ2v) is 9.69. The van der Waals surface area contributed by atoms with Crippen LogP contribution >= 0.6 is 0 Å². The Morgan fingerprint density at radius 2 is 1.71 bits per heavy atom. The molecular weight excluding hydrogens is 478 g/mol. The summed E-state index contributed by atoms with van der Waals surface area (Å²) in [5, 5.41) is 0.479. The number of fused-ring (bicyclic) bond motifs is 2. The summed E-state index contributed by atoms with van der Waals surface area (Å²) in [6, 6.07) is 16.7. The van der Waals surface area contributed by atoms with Crippen molar-refractivity contribution in [3.8, 4) is 11.5 Å². The van der Waals surface area contributed by atoms with Gasteiger partial charge in [-0.1, -0.05) is 54.6 Å². The zero-order valence-corrected chi connectivity index (χ0v) is 22.2. The Kier molecular flexibility index (Phi) is 6.81. The van der Waals surface area contributed by atoms with Crippen molar-refractivity contribution in [2.24, 2.45) is 0 Å². The molecule has 194 valence electrons. The SMILES string of the molecule is C=CCOc1ccc(C2c3c(oc4c(C)cc(C)cc4c3=O)C(=O)N2Cc2ccc(C)cc2)cc1OCC. The maximum Gasteiger partial charge on any atom is 0.291 e. The molecule has 0 radical (unpaired) electrons. The standard InChI is InChI=1S/C32H31NO5/c1-6-14-37-25-13-12-23(17-26(25)36-7-2)28-27-29(34)24-16-20(4)15-21(5)30(24)38-31(27)32(35)33(28)18-22-10-8-19(3)9-11-22/h6,8-13,15-17,28H,1,7,14,18H2,2-5H3. The normalized spacial score (nSPS) is 14.6. The van der Waals surface area contributed by atoms with Crippen molar-refractivity contribution in [3.05, 3.63) is 117 Å². The maximum absolute atomic E-state index is 14.0. The molecule has 0 bridgehead atoms. The second kappa shape index (κ2) is 10.2. The van der Waals surface area contributed by atoms with Gasteiger partial charge in [-0.05, 0) is 68.1 Å². The summed E-state index contributed by atoms with van der Waals surface area (Å²) in [5.74, 6) is 0.896. The number of aryl methyl sites for hydroxylation is 3. The van der Waals surface area contributed by atoms with E-state index in [4.69, 9.17) is 13.9 Å². The number of ether oxygens (including phenoxy) is 2. The third kappa shape index (κ3) is 4.47. The molecule has 0 aliphatic carbocycles. The first-order valence-electron chi connectivity index (χ1n) is 12.8. The van der Waals surface area contributed by atoms with Crippen molar-refractivity contribution in [2.45, 2.75) is 40.3 Å². The summed E-state index contributed by atoms with van der Waals surface area (Å²) in [4.78, 5) is 29.6. The van der Waals surface area contributed by atoms with Crippen LogP contribution in [0.5, 0.6) is 11.5 Å². The lowest BCUT2D eigenvalue weighted by atomic mass is 9.96. The Hall–Kier alpha value is -4.32. The van der Waals surface area contributed by atoms with E-state index in [9.17, 15) is 9.59 Å². The second-order valence-electron chi connectivity index (χ2n) is 9.69. The lowest BCUT2D eigenvalue weighted by Gasteiger charge is -2.26. The van der Waals surface area contributed by atoms with Crippen LogP contribution in [-0.4, -0.2) is 24.0 Å². The maximum atomic E-state index is 14.0. The van der Waals surface area contributed by atoms with Crippen LogP contribution in [0.25, 0.3) is 11.0 Å². The highest BCUT2D eigenvalue weighted by molar-refractivity contribution is 5.99. The average Bonchev–Trinajstić information content (AvgIpc) is 3.17. The van der Waals surface area contributed by atoms with E-state index in [0.717, 1.165) is 27.8 Å². The Morgan fingerprint density at radius 1 is 0.947 bits per heavy atom. The van der Waals surface area contributed by atoms with Gasteiger partial charge in [0.15, 0.2) is 16.9 Å². The molecule has 1 aromatic heterocycles. The van der Waals surface area contributed by atoms with Crippen molar-refractivity contribution in [1.29, 1.82) is 0 Å². The molecule has 4 aromatic rings. The molecule has 1 aliphatic rings. The van der Waals surface area contributed by atoms with E-state index in [1.165, 1.54) is 0 Å². The zero-order chi connectivity index (χ0) is 27.0. The fourth-order valence-corrected chi connectivity index (χ4v) is 5.11. The topological polar surface area (TPSA) is 69.0 Å². The molecule has 0 saturated carbocycles. The first kappa shape index (κ1) is 25.3. The summed E-state index contributed by atoms with van der Waals surface area (Å²) in [6.45, 7) is 12.6. The van der Waals surface area contributed by atoms with Crippen LogP contribution in [0.15, 0.2) is 76.5 Å². The summed E-state index contributed by atoms with van der Waals surface area (Å²) < 4.78 is 17.9. The van der Waals surface area contributed by atoms with Crippen molar-refractivity contribution in [1.82, 2.24) is 4.90 Å². The molecule has 6 heteroatoms. The van der Waals surface area contributed by atoms with E-state index in [-0.39, 0.29) is 17.1 Å². The third-order valence-corrected chi connectivity index (χ3v) is 6.81. The van der Waals surface area contributed by atoms with Gasteiger partial charge in [-0.2, -0.15) is 0 Å². The number of nitrogens with zero attached hydrogens (tertiary/aromatic N) is 1. The smallest absolute Gasteiger partial charge is 0.291 e. The fraction of sp³-hybridized carbons (Fsp3) is 0.250. The first-order valence-corrected chi connectivity index (χ1v) is 12.8. The van der Waals surface area contributed by atoms with Crippen molar-refractivity contribution in [2.75, 3.05) is 13.2 Å². The van der Waals surface area contributed by atoms with Gasteiger partial charge in [0, 0.05) is 6.54 Å². The molecule has 38 heavy (non-hydrogen) atoms. The molecule has 3 aromatic carbocycles. The molecule has 0 N–H and O–H groups in total. The number of carbonyl (C=O) groups is 1. The minimum absolute atomic E-state index is 0.0940. The van der Waals surface area contributed by atoms with Gasteiger partial charge in [0.05, 0.1) is 23.6 Å². The van der Waals surface area contributed by atoms with Gasteiger partial charge in [0.25, 0.3) is 5.91 Å². The number of carbonyl (C=O) groups excluding carboxylic acids is 1. The minimum Gasteiger partial charge on any atom is -0.490 e. The largest absolute Gasteiger partial charge is 0.490 e. The highest BCUT2D eigenvalue weighted by atomic mass is 16.5. The predicted molar refractivity (Wildman–Crippen MR) is 148 cm³/mol. The van der Waals surface area contributed by atoms with Gasteiger partial charge in [0.1, 0.15) is 12.2 Å². The van der Waals surface area contributed by atoms with Gasteiger partial charge < -0.3 is 18.8 Å². The molecule has 5 rings (SSSR count). The first-order chi connectivity index (χ1) is 18.3. The monoisotopic (exact) mass is 509 g/mol. The minimum atomic E-state index is -0.645. The van der Waals surface area contributed by atoms with Gasteiger partial charge in [-0.25, -0.2) is 0 Å². The lowest BCUT2D eigenvalue weighted by Crippen LogP contribution is -2.29. The predicted octanol–water partition coefficient (Wildman–Crippen LogP) is 6.43. The molecule has 0 fully saturated rings. The van der Waals surface area contributed by atoms with Crippen LogP contribution in [-0.2, 0) is 6.54 Å². The quantitative estimate of drug-likeness (QED) is 0.256. The lowest BCUT2D eigenvalue weighted by molar-refractivity contribution is 0.0714. The van der Waals surface area contributed by atoms with E-state index >= 15 is 0 Å². The van der Waals surface area contributed by atoms with Crippen LogP contribution in [0.2, 0.25) is 0 Å². The summed E-state index contributed by atoms with van der Waals surface area (Å²) in [7, 11) is 0. The van der Waals surface area contributed by atoms with E-state index in [1.807, 2.05) is 82.3 Å². The average molecular weight is 510 g/mol. The number of hydrogen-bond donors (Lipinski definition) is 0. The third-order valence-electron chi connectivity index (χ3n) is 6.81. The van der Waals surface area contributed by atoms with Crippen molar-refractivity contribution >= 4 is 16.9 Å². The Morgan fingerprint density at radius 3 is 2.42 bits per heavy atom. The van der Waals surface area contributed by atoms with Crippen LogP contribution < -0.4 is 14.9 Å². The molecule has 0 spiro atoms. The van der Waals surface area contributed by atoms with E-state index in [0.29, 0.717) is 47.8 Å². The van der Waals surface area contributed by atoms with Gasteiger partial charge in [0.2, 0.25) is 5.76 Å². The highest BCUT2D eigenvalue weighted by Crippen LogP contribution is 2.42. The van der Waals surface area contributed by atoms with Crippen LogP contribution in [0, 0.1) is 20.8 Å². The van der Waals surface area contributed by atoms with Gasteiger partial charge in [-0.3, -0.25) is 9.59 Å². The van der Waals surface area contributed by atoms with Crippen LogP contribution in [0.1, 0.15) is 56.9 Å². The number of hydrogen-bond acceptors (Lipinski definition) is 5. The molecule has 0 saturated heterocycles. The van der Waals surface area contributed by atoms with Crippen molar-refractivity contribution < 1.29 is 18.7 Å². The Bertz CT molecular complexity index is 1600. The number of rotatable bonds is 8. The van der Waals surface area contributed by atoms with Crippen molar-refractivity contribution in [3.63, 3.8) is 0 Å². The number of benzene rings is 3. The van der Waals surface area contributed by atoms with E-state index < -0.39 is 6.04 Å². The Balaban J connectivity index is 1.71. The van der Waals surface area contributed by atoms with E-state index in [1.54, 1.807) is 11.0 Å². The Labute approximate surface area is 222 Å². The fourth-order valence-electron chi connectivity index (χ4n) is 5.11. The summed E-state index contributed by atoms with van der Waals surface area (Å²) >= 11 is 0. The highest BCUT2D eigenvalue weighted by Gasteiger charge is 2.43. The number of amides is 1. The molecule has 1 amide bonds. The molecule has 1 atom stereocenters. The molecule has 2 heterocycles. The van der Waals surface area contributed by atoms with Crippen LogP contribution in [0.3, 0.4) is 0 Å². The molecular formula is C32H31NO5. The molecule has 6 nitrogen and oxygen atoms in total. The van der Waals surface area contributed by atoms with Crippen LogP contribution in [0.4, 0.5) is 0 Å². The molecule has 1 unspecified atom stereocenters.